The number of aromatic nitrogens is 2. The standard InChI is InChI=1S/C16H27N3O/c1-5-11-17-14-12-9-8-10-13(12)18-15(19-14)16(6-2,7-3)20-4/h5-11H2,1-4H3,(H,17,18,19). The molecular formula is C16H27N3O. The van der Waals surface area contributed by atoms with Crippen LogP contribution in [0.15, 0.2) is 0 Å². The lowest BCUT2D eigenvalue weighted by atomic mass is 9.95. The van der Waals surface area contributed by atoms with Crippen LogP contribution in [0.1, 0.15) is 63.5 Å². The van der Waals surface area contributed by atoms with E-state index in [1.807, 2.05) is 0 Å². The molecule has 0 amide bonds. The van der Waals surface area contributed by atoms with Crippen LogP contribution in [-0.2, 0) is 23.2 Å². The summed E-state index contributed by atoms with van der Waals surface area (Å²) >= 11 is 0. The van der Waals surface area contributed by atoms with Gasteiger partial charge < -0.3 is 10.1 Å². The van der Waals surface area contributed by atoms with Gasteiger partial charge in [-0.2, -0.15) is 0 Å². The molecule has 1 aliphatic rings. The van der Waals surface area contributed by atoms with Crippen molar-refractivity contribution >= 4 is 5.82 Å². The quantitative estimate of drug-likeness (QED) is 0.829. The topological polar surface area (TPSA) is 47.0 Å². The maximum absolute atomic E-state index is 5.79. The van der Waals surface area contributed by atoms with Gasteiger partial charge in [0.1, 0.15) is 11.4 Å². The van der Waals surface area contributed by atoms with Crippen LogP contribution in [0.25, 0.3) is 0 Å². The Morgan fingerprint density at radius 1 is 1.15 bits per heavy atom. The second kappa shape index (κ2) is 6.53. The first-order valence-electron chi connectivity index (χ1n) is 7.90. The maximum atomic E-state index is 5.79. The lowest BCUT2D eigenvalue weighted by molar-refractivity contribution is -0.0291. The van der Waals surface area contributed by atoms with E-state index in [1.165, 1.54) is 17.7 Å². The fourth-order valence-electron chi connectivity index (χ4n) is 2.97. The molecular weight excluding hydrogens is 250 g/mol. The van der Waals surface area contributed by atoms with Crippen molar-refractivity contribution in [2.24, 2.45) is 0 Å². The number of hydrogen-bond acceptors (Lipinski definition) is 4. The van der Waals surface area contributed by atoms with Crippen LogP contribution in [0.3, 0.4) is 0 Å². The van der Waals surface area contributed by atoms with Crippen molar-refractivity contribution < 1.29 is 4.74 Å². The Hall–Kier alpha value is -1.16. The third-order valence-electron chi connectivity index (χ3n) is 4.42. The van der Waals surface area contributed by atoms with Crippen LogP contribution >= 0.6 is 0 Å². The summed E-state index contributed by atoms with van der Waals surface area (Å²) in [6, 6.07) is 0. The summed E-state index contributed by atoms with van der Waals surface area (Å²) in [6.45, 7) is 7.42. The number of anilines is 1. The Morgan fingerprint density at radius 2 is 1.90 bits per heavy atom. The molecule has 1 heterocycles. The van der Waals surface area contributed by atoms with Crippen LogP contribution in [-0.4, -0.2) is 23.6 Å². The van der Waals surface area contributed by atoms with Gasteiger partial charge in [-0.3, -0.25) is 0 Å². The van der Waals surface area contributed by atoms with E-state index in [-0.39, 0.29) is 5.60 Å². The zero-order chi connectivity index (χ0) is 14.6. The molecule has 0 unspecified atom stereocenters. The average Bonchev–Trinajstić information content (AvgIpc) is 2.96. The van der Waals surface area contributed by atoms with Gasteiger partial charge >= 0.3 is 0 Å². The SMILES string of the molecule is CCCNc1nc(C(CC)(CC)OC)nc2c1CCC2. The van der Waals surface area contributed by atoms with Crippen LogP contribution in [0.2, 0.25) is 0 Å². The molecule has 0 atom stereocenters. The lowest BCUT2D eigenvalue weighted by Crippen LogP contribution is -2.30. The van der Waals surface area contributed by atoms with E-state index in [2.05, 4.69) is 26.1 Å². The van der Waals surface area contributed by atoms with E-state index in [9.17, 15) is 0 Å². The Balaban J connectivity index is 2.44. The summed E-state index contributed by atoms with van der Waals surface area (Å²) in [5.41, 5.74) is 2.19. The van der Waals surface area contributed by atoms with Crippen molar-refractivity contribution in [2.45, 2.75) is 64.9 Å². The van der Waals surface area contributed by atoms with Gasteiger partial charge in [-0.1, -0.05) is 20.8 Å². The minimum atomic E-state index is -0.347. The van der Waals surface area contributed by atoms with E-state index in [1.54, 1.807) is 7.11 Å². The molecule has 0 saturated carbocycles. The van der Waals surface area contributed by atoms with Crippen molar-refractivity contribution in [3.63, 3.8) is 0 Å². The Morgan fingerprint density at radius 3 is 2.50 bits per heavy atom. The van der Waals surface area contributed by atoms with Gasteiger partial charge in [0.15, 0.2) is 5.82 Å². The molecule has 0 spiro atoms. The van der Waals surface area contributed by atoms with E-state index in [0.717, 1.165) is 50.3 Å². The molecule has 0 saturated heterocycles. The largest absolute Gasteiger partial charge is 0.370 e. The molecule has 0 radical (unpaired) electrons. The monoisotopic (exact) mass is 277 g/mol. The highest BCUT2D eigenvalue weighted by Gasteiger charge is 2.33. The van der Waals surface area contributed by atoms with Crippen molar-refractivity contribution in [1.82, 2.24) is 9.97 Å². The van der Waals surface area contributed by atoms with Gasteiger partial charge in [-0.15, -0.1) is 0 Å². The number of nitrogens with zero attached hydrogens (tertiary/aromatic N) is 2. The van der Waals surface area contributed by atoms with Crippen molar-refractivity contribution in [2.75, 3.05) is 19.0 Å². The van der Waals surface area contributed by atoms with Gasteiger partial charge in [0.05, 0.1) is 0 Å². The molecule has 4 nitrogen and oxygen atoms in total. The normalized spacial score (nSPS) is 14.4. The zero-order valence-electron chi connectivity index (χ0n) is 13.3. The lowest BCUT2D eigenvalue weighted by Gasteiger charge is -2.29. The molecule has 1 aliphatic carbocycles. The smallest absolute Gasteiger partial charge is 0.162 e. The minimum Gasteiger partial charge on any atom is -0.370 e. The van der Waals surface area contributed by atoms with Crippen LogP contribution < -0.4 is 5.32 Å². The number of hydrogen-bond donors (Lipinski definition) is 1. The number of rotatable bonds is 7. The Kier molecular flexibility index (Phi) is 4.97. The van der Waals surface area contributed by atoms with Crippen molar-refractivity contribution in [3.8, 4) is 0 Å². The van der Waals surface area contributed by atoms with Crippen LogP contribution in [0.4, 0.5) is 5.82 Å². The molecule has 1 N–H and O–H groups in total. The van der Waals surface area contributed by atoms with E-state index < -0.39 is 0 Å². The summed E-state index contributed by atoms with van der Waals surface area (Å²) in [6.07, 6.45) is 6.24. The number of nitrogens with one attached hydrogen (secondary N) is 1. The molecule has 2 rings (SSSR count). The van der Waals surface area contributed by atoms with Crippen molar-refractivity contribution in [3.05, 3.63) is 17.1 Å². The first kappa shape index (κ1) is 15.2. The molecule has 0 bridgehead atoms. The first-order valence-corrected chi connectivity index (χ1v) is 7.90. The first-order chi connectivity index (χ1) is 9.70. The second-order valence-electron chi connectivity index (χ2n) is 5.51. The average molecular weight is 277 g/mol. The highest BCUT2D eigenvalue weighted by Crippen LogP contribution is 2.34. The molecule has 0 aliphatic heterocycles. The number of ether oxygens (including phenoxy) is 1. The third kappa shape index (κ3) is 2.66. The van der Waals surface area contributed by atoms with E-state index in [0.29, 0.717) is 0 Å². The fourth-order valence-corrected chi connectivity index (χ4v) is 2.97. The molecule has 1 aromatic rings. The van der Waals surface area contributed by atoms with Crippen LogP contribution in [0.5, 0.6) is 0 Å². The highest BCUT2D eigenvalue weighted by molar-refractivity contribution is 5.49. The third-order valence-corrected chi connectivity index (χ3v) is 4.42. The molecule has 4 heteroatoms. The highest BCUT2D eigenvalue weighted by atomic mass is 16.5. The summed E-state index contributed by atoms with van der Waals surface area (Å²) in [5, 5.41) is 3.47. The minimum absolute atomic E-state index is 0.347. The van der Waals surface area contributed by atoms with Crippen molar-refractivity contribution in [1.29, 1.82) is 0 Å². The molecule has 1 aromatic heterocycles. The second-order valence-corrected chi connectivity index (χ2v) is 5.51. The maximum Gasteiger partial charge on any atom is 0.162 e. The molecule has 20 heavy (non-hydrogen) atoms. The number of methoxy groups -OCH3 is 1. The summed E-state index contributed by atoms with van der Waals surface area (Å²) in [7, 11) is 1.77. The zero-order valence-corrected chi connectivity index (χ0v) is 13.3. The van der Waals surface area contributed by atoms with E-state index >= 15 is 0 Å². The molecule has 0 fully saturated rings. The summed E-state index contributed by atoms with van der Waals surface area (Å²) in [4.78, 5) is 9.65. The molecule has 0 aromatic carbocycles. The summed E-state index contributed by atoms with van der Waals surface area (Å²) < 4.78 is 5.79. The van der Waals surface area contributed by atoms with Gasteiger partial charge in [-0.05, 0) is 38.5 Å². The Bertz CT molecular complexity index is 447. The summed E-state index contributed by atoms with van der Waals surface area (Å²) in [5.74, 6) is 1.89. The number of fused-ring (bicyclic) bond motifs is 1. The molecule has 112 valence electrons. The Labute approximate surface area is 122 Å². The van der Waals surface area contributed by atoms with Gasteiger partial charge in [0.2, 0.25) is 0 Å². The van der Waals surface area contributed by atoms with Gasteiger partial charge in [0.25, 0.3) is 0 Å². The predicted molar refractivity (Wildman–Crippen MR) is 82.1 cm³/mol. The predicted octanol–water partition coefficient (Wildman–Crippen LogP) is 3.45. The number of aryl methyl sites for hydroxylation is 1. The van der Waals surface area contributed by atoms with Crippen LogP contribution in [0, 0.1) is 0 Å². The van der Waals surface area contributed by atoms with E-state index in [4.69, 9.17) is 14.7 Å². The van der Waals surface area contributed by atoms with Gasteiger partial charge in [0, 0.05) is 24.9 Å². The fraction of sp³-hybridized carbons (Fsp3) is 0.750. The van der Waals surface area contributed by atoms with Gasteiger partial charge in [-0.25, -0.2) is 9.97 Å².